The Morgan fingerprint density at radius 3 is 2.77 bits per heavy atom. The number of amides is 2. The smallest absolute Gasteiger partial charge is 0.407 e. The molecule has 1 aliphatic rings. The summed E-state index contributed by atoms with van der Waals surface area (Å²) in [6.07, 6.45) is 1.10. The number of phenols is 1. The lowest BCUT2D eigenvalue weighted by molar-refractivity contribution is -0.169. The number of benzene rings is 1. The summed E-state index contributed by atoms with van der Waals surface area (Å²) in [4.78, 5) is 33.4. The van der Waals surface area contributed by atoms with Crippen molar-refractivity contribution < 1.29 is 24.3 Å². The molecular weight excluding hydrogens is 434 g/mol. The summed E-state index contributed by atoms with van der Waals surface area (Å²) in [5.74, 6) is 0.422. The Hall–Kier alpha value is -2.04. The van der Waals surface area contributed by atoms with Crippen LogP contribution in [0.3, 0.4) is 0 Å². The highest BCUT2D eigenvalue weighted by Gasteiger charge is 2.29. The van der Waals surface area contributed by atoms with Crippen LogP contribution in [0.1, 0.15) is 17.5 Å². The molecule has 8 nitrogen and oxygen atoms in total. The number of hydrogen-bond acceptors (Lipinski definition) is 7. The molecule has 1 atom stereocenters. The predicted molar refractivity (Wildman–Crippen MR) is 126 cm³/mol. The summed E-state index contributed by atoms with van der Waals surface area (Å²) in [6, 6.07) is 5.81. The minimum atomic E-state index is -1.21. The minimum Gasteiger partial charge on any atom is -0.507 e. The zero-order valence-electron chi connectivity index (χ0n) is 18.9. The molecule has 1 aromatic rings. The van der Waals surface area contributed by atoms with Gasteiger partial charge in [0.05, 0.1) is 13.7 Å². The first kappa shape index (κ1) is 25.2. The average Bonchev–Trinajstić information content (AvgIpc) is 3.20. The molecule has 1 unspecified atom stereocenters. The Labute approximate surface area is 189 Å². The topological polar surface area (TPSA) is 100 Å². The summed E-state index contributed by atoms with van der Waals surface area (Å²) in [6.45, 7) is 7.70. The number of nitrogens with zero attached hydrogens (tertiary/aromatic N) is 2. The number of ether oxygens (including phenoxy) is 1. The number of aliphatic imine (C=N–C) groups is 1. The molecule has 172 valence electrons. The van der Waals surface area contributed by atoms with Crippen LogP contribution in [0.15, 0.2) is 23.2 Å². The molecule has 1 aromatic carbocycles. The van der Waals surface area contributed by atoms with Gasteiger partial charge in [0.1, 0.15) is 16.8 Å². The number of nitrogens with one attached hydrogen (secondary N) is 1. The summed E-state index contributed by atoms with van der Waals surface area (Å²) >= 11 is 1.44. The van der Waals surface area contributed by atoms with Crippen LogP contribution in [0.25, 0.3) is 0 Å². The average molecular weight is 468 g/mol. The van der Waals surface area contributed by atoms with Crippen molar-refractivity contribution >= 4 is 36.9 Å². The molecule has 0 aliphatic carbocycles. The second kappa shape index (κ2) is 11.5. The molecule has 0 bridgehead atoms. The number of rotatable bonds is 10. The highest BCUT2D eigenvalue weighted by Crippen LogP contribution is 2.30. The van der Waals surface area contributed by atoms with E-state index in [1.54, 1.807) is 13.1 Å². The van der Waals surface area contributed by atoms with Crippen molar-refractivity contribution in [2.75, 3.05) is 33.1 Å². The molecule has 2 N–H and O–H groups in total. The molecule has 0 aromatic heterocycles. The van der Waals surface area contributed by atoms with Gasteiger partial charge in [-0.15, -0.1) is 11.8 Å². The maximum atomic E-state index is 12.2. The van der Waals surface area contributed by atoms with Gasteiger partial charge < -0.3 is 15.2 Å². The third-order valence-electron chi connectivity index (χ3n) is 4.81. The number of aromatic hydroxyl groups is 1. The van der Waals surface area contributed by atoms with Crippen molar-refractivity contribution in [2.45, 2.75) is 44.6 Å². The number of aryl methyl sites for hydroxylation is 1. The molecule has 31 heavy (non-hydrogen) atoms. The SMILES string of the molecule is CON(C)C(=O)C1CSC(c2cc(CCCNC(=O)OCC[Si](C)(C)C)ccc2O)=N1. The van der Waals surface area contributed by atoms with E-state index in [-0.39, 0.29) is 17.7 Å². The van der Waals surface area contributed by atoms with E-state index in [1.807, 2.05) is 12.1 Å². The third-order valence-corrected chi connectivity index (χ3v) is 7.59. The first-order valence-electron chi connectivity index (χ1n) is 10.4. The van der Waals surface area contributed by atoms with Crippen molar-refractivity contribution in [1.29, 1.82) is 0 Å². The van der Waals surface area contributed by atoms with Gasteiger partial charge in [-0.05, 0) is 36.6 Å². The van der Waals surface area contributed by atoms with E-state index in [2.05, 4.69) is 30.0 Å². The molecule has 10 heteroatoms. The van der Waals surface area contributed by atoms with Crippen LogP contribution in [0.5, 0.6) is 5.75 Å². The Balaban J connectivity index is 1.85. The summed E-state index contributed by atoms with van der Waals surface area (Å²) in [7, 11) is 1.77. The maximum Gasteiger partial charge on any atom is 0.407 e. The van der Waals surface area contributed by atoms with E-state index in [1.165, 1.54) is 18.9 Å². The Bertz CT molecular complexity index is 813. The Morgan fingerprint density at radius 1 is 1.35 bits per heavy atom. The molecule has 1 heterocycles. The number of likely N-dealkylation sites (N-methyl/N-ethyl adjacent to an activating group) is 1. The minimum absolute atomic E-state index is 0.132. The maximum absolute atomic E-state index is 12.2. The molecule has 2 amide bonds. The molecule has 2 rings (SSSR count). The molecule has 0 spiro atoms. The second-order valence-corrected chi connectivity index (χ2v) is 15.2. The Morgan fingerprint density at radius 2 is 2.10 bits per heavy atom. The fourth-order valence-electron chi connectivity index (χ4n) is 2.84. The normalized spacial score (nSPS) is 16.0. The molecular formula is C21H33N3O5SSi. The predicted octanol–water partition coefficient (Wildman–Crippen LogP) is 3.27. The quantitative estimate of drug-likeness (QED) is 0.311. The van der Waals surface area contributed by atoms with Gasteiger partial charge >= 0.3 is 6.09 Å². The Kier molecular flexibility index (Phi) is 9.39. The number of hydroxylamine groups is 2. The lowest BCUT2D eigenvalue weighted by Crippen LogP contribution is -2.34. The van der Waals surface area contributed by atoms with Gasteiger partial charge in [-0.1, -0.05) is 25.7 Å². The van der Waals surface area contributed by atoms with Gasteiger partial charge in [-0.25, -0.2) is 9.86 Å². The fourth-order valence-corrected chi connectivity index (χ4v) is 4.61. The number of phenolic OH excluding ortho intramolecular Hbond substituents is 1. The molecule has 0 fully saturated rings. The van der Waals surface area contributed by atoms with Crippen molar-refractivity contribution in [2.24, 2.45) is 4.99 Å². The fraction of sp³-hybridized carbons (Fsp3) is 0.571. The lowest BCUT2D eigenvalue weighted by atomic mass is 10.1. The molecule has 0 radical (unpaired) electrons. The van der Waals surface area contributed by atoms with Crippen molar-refractivity contribution in [1.82, 2.24) is 10.4 Å². The van der Waals surface area contributed by atoms with Gasteiger partial charge in [-0.3, -0.25) is 14.6 Å². The van der Waals surface area contributed by atoms with Gasteiger partial charge in [0.25, 0.3) is 5.91 Å². The van der Waals surface area contributed by atoms with E-state index in [4.69, 9.17) is 9.57 Å². The first-order chi connectivity index (χ1) is 14.6. The number of alkyl carbamates (subject to hydrolysis) is 1. The van der Waals surface area contributed by atoms with Crippen molar-refractivity contribution in [3.05, 3.63) is 29.3 Å². The number of thioether (sulfide) groups is 1. The van der Waals surface area contributed by atoms with E-state index < -0.39 is 14.1 Å². The van der Waals surface area contributed by atoms with Crippen LogP contribution in [0.4, 0.5) is 4.79 Å². The standard InChI is InChI=1S/C21H33N3O5SSi/c1-24(28-2)20(26)17-14-30-19(23-17)16-13-15(8-9-18(16)25)7-6-10-22-21(27)29-11-12-31(3,4)5/h8-9,13,17,25H,6-7,10-12,14H2,1-5H3,(H,22,27). The first-order valence-corrected chi connectivity index (χ1v) is 15.0. The number of carbonyl (C=O) groups excluding carboxylic acids is 2. The number of hydrogen-bond donors (Lipinski definition) is 2. The van der Waals surface area contributed by atoms with Crippen LogP contribution in [-0.2, 0) is 20.8 Å². The monoisotopic (exact) mass is 467 g/mol. The van der Waals surface area contributed by atoms with E-state index in [0.29, 0.717) is 29.5 Å². The zero-order chi connectivity index (χ0) is 23.0. The second-order valence-electron chi connectivity index (χ2n) is 8.61. The summed E-state index contributed by atoms with van der Waals surface area (Å²) < 4.78 is 5.22. The molecule has 0 saturated carbocycles. The van der Waals surface area contributed by atoms with Crippen LogP contribution >= 0.6 is 11.8 Å². The largest absolute Gasteiger partial charge is 0.507 e. The van der Waals surface area contributed by atoms with Gasteiger partial charge in [0.15, 0.2) is 0 Å². The lowest BCUT2D eigenvalue weighted by Gasteiger charge is -2.15. The van der Waals surface area contributed by atoms with Gasteiger partial charge in [0.2, 0.25) is 0 Å². The molecule has 0 saturated heterocycles. The van der Waals surface area contributed by atoms with Crippen molar-refractivity contribution in [3.63, 3.8) is 0 Å². The highest BCUT2D eigenvalue weighted by molar-refractivity contribution is 8.14. The van der Waals surface area contributed by atoms with E-state index >= 15 is 0 Å². The van der Waals surface area contributed by atoms with Crippen LogP contribution in [-0.4, -0.2) is 74.4 Å². The van der Waals surface area contributed by atoms with E-state index in [9.17, 15) is 14.7 Å². The van der Waals surface area contributed by atoms with Crippen LogP contribution in [0, 0.1) is 0 Å². The summed E-state index contributed by atoms with van der Waals surface area (Å²) in [5, 5.41) is 14.9. The molecule has 1 aliphatic heterocycles. The van der Waals surface area contributed by atoms with Crippen LogP contribution < -0.4 is 5.32 Å². The summed E-state index contributed by atoms with van der Waals surface area (Å²) in [5.41, 5.74) is 1.64. The third kappa shape index (κ3) is 8.19. The van der Waals surface area contributed by atoms with Gasteiger partial charge in [-0.2, -0.15) is 0 Å². The van der Waals surface area contributed by atoms with Gasteiger partial charge in [0, 0.05) is 33.0 Å². The van der Waals surface area contributed by atoms with Crippen molar-refractivity contribution in [3.8, 4) is 5.75 Å². The zero-order valence-corrected chi connectivity index (χ0v) is 20.8. The van der Waals surface area contributed by atoms with E-state index in [0.717, 1.165) is 29.5 Å². The highest BCUT2D eigenvalue weighted by atomic mass is 32.2. The number of carbonyl (C=O) groups is 2. The van der Waals surface area contributed by atoms with Crippen LogP contribution in [0.2, 0.25) is 25.7 Å².